The van der Waals surface area contributed by atoms with E-state index in [9.17, 15) is 34.1 Å². The van der Waals surface area contributed by atoms with Gasteiger partial charge >= 0.3 is 11.9 Å². The minimum absolute atomic E-state index is 0.119. The van der Waals surface area contributed by atoms with Crippen LogP contribution in [0.1, 0.15) is 12.5 Å². The van der Waals surface area contributed by atoms with E-state index in [1.165, 1.54) is 36.1 Å². The Balaban J connectivity index is 1.52. The van der Waals surface area contributed by atoms with Crippen LogP contribution in [0.2, 0.25) is 0 Å². The second-order valence-corrected chi connectivity index (χ2v) is 8.49. The van der Waals surface area contributed by atoms with Gasteiger partial charge in [-0.25, -0.2) is 4.79 Å². The Kier molecular flexibility index (Phi) is 6.20. The van der Waals surface area contributed by atoms with Gasteiger partial charge in [0, 0.05) is 36.8 Å². The lowest BCUT2D eigenvalue weighted by atomic mass is 9.97. The van der Waals surface area contributed by atoms with E-state index in [-0.39, 0.29) is 18.9 Å². The van der Waals surface area contributed by atoms with E-state index in [1.54, 1.807) is 5.41 Å². The van der Waals surface area contributed by atoms with E-state index in [0.717, 1.165) is 28.8 Å². The van der Waals surface area contributed by atoms with Crippen molar-refractivity contribution < 1.29 is 38.4 Å². The normalized spacial score (nSPS) is 23.3. The number of non-ortho nitro benzene ring substituents is 1. The summed E-state index contributed by atoms with van der Waals surface area (Å²) in [5.74, 6) is -3.25. The molecule has 1 fully saturated rings. The van der Waals surface area contributed by atoms with Crippen LogP contribution in [0.4, 0.5) is 5.69 Å². The lowest BCUT2D eigenvalue weighted by Gasteiger charge is -2.53. The SMILES string of the molecule is CC(=O)OCC1=CS[C@@H]2C(N3C(=O)C=CC3=O)C(=O)N2C1C(=O)OCc1ccc([N+](=O)[O-])cc1. The van der Waals surface area contributed by atoms with Crippen molar-refractivity contribution in [3.05, 3.63) is 63.1 Å². The largest absolute Gasteiger partial charge is 0.461 e. The van der Waals surface area contributed by atoms with Crippen LogP contribution in [-0.4, -0.2) is 68.4 Å². The summed E-state index contributed by atoms with van der Waals surface area (Å²) in [5, 5.41) is 11.6. The molecule has 0 radical (unpaired) electrons. The minimum Gasteiger partial charge on any atom is -0.461 e. The number of thioether (sulfide) groups is 1. The third-order valence-electron chi connectivity index (χ3n) is 5.36. The highest BCUT2D eigenvalue weighted by atomic mass is 32.2. The quantitative estimate of drug-likeness (QED) is 0.176. The smallest absolute Gasteiger partial charge is 0.333 e. The van der Waals surface area contributed by atoms with Gasteiger partial charge in [-0.1, -0.05) is 0 Å². The topological polar surface area (TPSA) is 153 Å². The molecule has 3 amide bonds. The van der Waals surface area contributed by atoms with Crippen LogP contribution in [-0.2, 0) is 40.1 Å². The lowest BCUT2D eigenvalue weighted by Crippen LogP contribution is -2.74. The molecule has 2 unspecified atom stereocenters. The Morgan fingerprint density at radius 2 is 1.71 bits per heavy atom. The second-order valence-electron chi connectivity index (χ2n) is 7.50. The molecule has 0 N–H and O–H groups in total. The van der Waals surface area contributed by atoms with E-state index in [0.29, 0.717) is 11.1 Å². The predicted octanol–water partition coefficient (Wildman–Crippen LogP) is 0.662. The van der Waals surface area contributed by atoms with Gasteiger partial charge in [0.15, 0.2) is 6.04 Å². The average Bonchev–Trinajstić information content (AvgIpc) is 3.13. The Bertz CT molecular complexity index is 1140. The van der Waals surface area contributed by atoms with Crippen LogP contribution < -0.4 is 0 Å². The van der Waals surface area contributed by atoms with E-state index in [2.05, 4.69) is 0 Å². The molecule has 13 heteroatoms. The number of nitrogens with zero attached hydrogens (tertiary/aromatic N) is 3. The number of β-lactam (4-membered cyclic amide) rings is 1. The maximum absolute atomic E-state index is 13.0. The molecule has 1 aromatic carbocycles. The molecule has 3 heterocycles. The van der Waals surface area contributed by atoms with E-state index < -0.39 is 52.0 Å². The molecule has 3 aliphatic rings. The molecule has 3 aliphatic heterocycles. The number of ether oxygens (including phenoxy) is 2. The number of imide groups is 1. The van der Waals surface area contributed by atoms with Crippen molar-refractivity contribution in [3.8, 4) is 0 Å². The summed E-state index contributed by atoms with van der Waals surface area (Å²) < 4.78 is 10.4. The third-order valence-corrected chi connectivity index (χ3v) is 6.56. The second kappa shape index (κ2) is 9.09. The van der Waals surface area contributed by atoms with Gasteiger partial charge < -0.3 is 14.4 Å². The Morgan fingerprint density at radius 1 is 1.06 bits per heavy atom. The number of esters is 2. The van der Waals surface area contributed by atoms with Crippen LogP contribution >= 0.6 is 11.8 Å². The summed E-state index contributed by atoms with van der Waals surface area (Å²) in [5.41, 5.74) is 0.666. The fraction of sp³-hybridized carbons (Fsp3) is 0.286. The van der Waals surface area contributed by atoms with Crippen LogP contribution in [0.15, 0.2) is 47.4 Å². The van der Waals surface area contributed by atoms with Crippen molar-refractivity contribution in [1.82, 2.24) is 9.80 Å². The van der Waals surface area contributed by atoms with Gasteiger partial charge in [0.05, 0.1) is 4.92 Å². The third kappa shape index (κ3) is 4.17. The summed E-state index contributed by atoms with van der Waals surface area (Å²) in [4.78, 5) is 73.7. The van der Waals surface area contributed by atoms with E-state index in [4.69, 9.17) is 9.47 Å². The van der Waals surface area contributed by atoms with Crippen molar-refractivity contribution in [2.24, 2.45) is 0 Å². The number of carbonyl (C=O) groups excluding carboxylic acids is 5. The highest BCUT2D eigenvalue weighted by Crippen LogP contribution is 2.43. The molecule has 1 aromatic rings. The maximum atomic E-state index is 13.0. The fourth-order valence-electron chi connectivity index (χ4n) is 3.72. The molecule has 0 aliphatic carbocycles. The van der Waals surface area contributed by atoms with Crippen molar-refractivity contribution in [3.63, 3.8) is 0 Å². The molecular weight excluding hydrogens is 470 g/mol. The molecule has 3 atom stereocenters. The van der Waals surface area contributed by atoms with Gasteiger partial charge in [-0.2, -0.15) is 0 Å². The molecule has 176 valence electrons. The first kappa shape index (κ1) is 23.2. The molecule has 1 saturated heterocycles. The van der Waals surface area contributed by atoms with Crippen molar-refractivity contribution in [2.75, 3.05) is 6.61 Å². The molecular formula is C21H17N3O9S. The number of amides is 3. The van der Waals surface area contributed by atoms with Gasteiger partial charge in [0.25, 0.3) is 23.4 Å². The molecule has 12 nitrogen and oxygen atoms in total. The fourth-order valence-corrected chi connectivity index (χ4v) is 4.97. The van der Waals surface area contributed by atoms with Crippen molar-refractivity contribution >= 4 is 47.1 Å². The van der Waals surface area contributed by atoms with E-state index in [1.807, 2.05) is 0 Å². The molecule has 34 heavy (non-hydrogen) atoms. The Hall–Kier alpha value is -4.00. The molecule has 4 rings (SSSR count). The number of nitro benzene ring substituents is 1. The van der Waals surface area contributed by atoms with Gasteiger partial charge in [0.2, 0.25) is 0 Å². The zero-order valence-corrected chi connectivity index (χ0v) is 18.4. The Labute approximate surface area is 196 Å². The minimum atomic E-state index is -1.23. The molecule has 0 spiro atoms. The highest BCUT2D eigenvalue weighted by molar-refractivity contribution is 8.03. The summed E-state index contributed by atoms with van der Waals surface area (Å²) in [6.45, 7) is 0.720. The number of hydrogen-bond donors (Lipinski definition) is 0. The first-order valence-electron chi connectivity index (χ1n) is 9.94. The van der Waals surface area contributed by atoms with Gasteiger partial charge in [0.1, 0.15) is 24.6 Å². The van der Waals surface area contributed by atoms with Crippen LogP contribution in [0.5, 0.6) is 0 Å². The zero-order valence-electron chi connectivity index (χ0n) is 17.6. The predicted molar refractivity (Wildman–Crippen MR) is 114 cm³/mol. The number of benzene rings is 1. The Morgan fingerprint density at radius 3 is 2.29 bits per heavy atom. The average molecular weight is 487 g/mol. The van der Waals surface area contributed by atoms with E-state index >= 15 is 0 Å². The lowest BCUT2D eigenvalue weighted by molar-refractivity contribution is -0.384. The maximum Gasteiger partial charge on any atom is 0.333 e. The van der Waals surface area contributed by atoms with Crippen molar-refractivity contribution in [2.45, 2.75) is 31.0 Å². The van der Waals surface area contributed by atoms with Gasteiger partial charge in [-0.3, -0.25) is 34.2 Å². The number of nitro groups is 1. The number of hydrogen-bond acceptors (Lipinski definition) is 10. The summed E-state index contributed by atoms with van der Waals surface area (Å²) in [7, 11) is 0. The molecule has 0 bridgehead atoms. The highest BCUT2D eigenvalue weighted by Gasteiger charge is 2.60. The summed E-state index contributed by atoms with van der Waals surface area (Å²) in [6, 6.07) is 3.10. The standard InChI is InChI=1S/C21H17N3O9S/c1-11(25)32-9-13-10-34-20-18(22-15(26)6-7-16(22)27)19(28)23(20)17(13)21(29)33-8-12-2-4-14(5-3-12)24(30)31/h2-7,10,17-18,20H,8-9H2,1H3/t17?,18?,20-/m1/s1. The van der Waals surface area contributed by atoms with Crippen LogP contribution in [0.25, 0.3) is 0 Å². The van der Waals surface area contributed by atoms with Crippen molar-refractivity contribution in [1.29, 1.82) is 0 Å². The van der Waals surface area contributed by atoms with Gasteiger partial charge in [-0.05, 0) is 23.1 Å². The monoisotopic (exact) mass is 487 g/mol. The zero-order chi connectivity index (χ0) is 24.6. The van der Waals surface area contributed by atoms with Gasteiger partial charge in [-0.15, -0.1) is 11.8 Å². The van der Waals surface area contributed by atoms with Crippen LogP contribution in [0.3, 0.4) is 0 Å². The first-order chi connectivity index (χ1) is 16.2. The molecule has 0 saturated carbocycles. The molecule has 0 aromatic heterocycles. The summed E-state index contributed by atoms with van der Waals surface area (Å²) in [6.07, 6.45) is 2.15. The number of rotatable bonds is 7. The first-order valence-corrected chi connectivity index (χ1v) is 10.9. The number of carbonyl (C=O) groups is 5. The summed E-state index contributed by atoms with van der Waals surface area (Å²) >= 11 is 1.12. The number of fused-ring (bicyclic) bond motifs is 1. The van der Waals surface area contributed by atoms with Crippen LogP contribution in [0, 0.1) is 10.1 Å².